The lowest BCUT2D eigenvalue weighted by atomic mass is 9.73. The first kappa shape index (κ1) is 23.8. The number of carbonyl (C=O) groups is 1. The Morgan fingerprint density at radius 1 is 0.946 bits per heavy atom. The van der Waals surface area contributed by atoms with Gasteiger partial charge in [-0.1, -0.05) is 48.5 Å². The molecular formula is C30H32N2O5. The molecule has 3 aromatic rings. The number of ether oxygens (including phenoxy) is 3. The van der Waals surface area contributed by atoms with Crippen molar-refractivity contribution in [3.05, 3.63) is 77.4 Å². The molecule has 0 saturated carbocycles. The Morgan fingerprint density at radius 3 is 2.16 bits per heavy atom. The molecule has 1 aliphatic carbocycles. The van der Waals surface area contributed by atoms with Crippen LogP contribution < -0.4 is 9.47 Å². The molecule has 1 N–H and O–H groups in total. The first-order chi connectivity index (χ1) is 18.0. The van der Waals surface area contributed by atoms with E-state index in [1.165, 1.54) is 22.3 Å². The van der Waals surface area contributed by atoms with Crippen LogP contribution in [0.2, 0.25) is 0 Å². The zero-order valence-corrected chi connectivity index (χ0v) is 21.2. The molecule has 7 nitrogen and oxygen atoms in total. The summed E-state index contributed by atoms with van der Waals surface area (Å²) >= 11 is 0. The van der Waals surface area contributed by atoms with Crippen LogP contribution >= 0.6 is 0 Å². The Morgan fingerprint density at radius 2 is 1.57 bits per heavy atom. The van der Waals surface area contributed by atoms with Crippen LogP contribution in [0.1, 0.15) is 54.7 Å². The lowest BCUT2D eigenvalue weighted by Gasteiger charge is -2.51. The van der Waals surface area contributed by atoms with Crippen molar-refractivity contribution >= 4 is 6.09 Å². The number of rotatable bonds is 5. The fourth-order valence-electron chi connectivity index (χ4n) is 6.66. The second-order valence-corrected chi connectivity index (χ2v) is 10.3. The first-order valence-corrected chi connectivity index (χ1v) is 13.0. The van der Waals surface area contributed by atoms with E-state index in [1.807, 2.05) is 35.2 Å². The molecule has 2 unspecified atom stereocenters. The Labute approximate surface area is 217 Å². The summed E-state index contributed by atoms with van der Waals surface area (Å²) in [5.41, 5.74) is 4.32. The maximum Gasteiger partial charge on any atom is 0.410 e. The van der Waals surface area contributed by atoms with Crippen molar-refractivity contribution in [2.45, 2.75) is 55.7 Å². The van der Waals surface area contributed by atoms with Gasteiger partial charge in [-0.05, 0) is 47.6 Å². The quantitative estimate of drug-likeness (QED) is 0.515. The molecule has 6 rings (SSSR count). The average Bonchev–Trinajstić information content (AvgIpc) is 3.24. The van der Waals surface area contributed by atoms with E-state index in [9.17, 15) is 9.90 Å². The van der Waals surface area contributed by atoms with Gasteiger partial charge in [0.25, 0.3) is 0 Å². The van der Waals surface area contributed by atoms with E-state index < -0.39 is 5.60 Å². The number of fused-ring (bicyclic) bond motifs is 5. The van der Waals surface area contributed by atoms with Gasteiger partial charge in [-0.25, -0.2) is 4.79 Å². The first-order valence-electron chi connectivity index (χ1n) is 13.0. The summed E-state index contributed by atoms with van der Waals surface area (Å²) in [5, 5.41) is 11.8. The molecule has 2 saturated heterocycles. The second kappa shape index (κ2) is 9.38. The van der Waals surface area contributed by atoms with E-state index in [0.717, 1.165) is 19.3 Å². The number of aliphatic hydroxyl groups is 1. The predicted molar refractivity (Wildman–Crippen MR) is 139 cm³/mol. The van der Waals surface area contributed by atoms with Gasteiger partial charge in [0.1, 0.15) is 6.61 Å². The van der Waals surface area contributed by atoms with Gasteiger partial charge in [-0.15, -0.1) is 0 Å². The fraction of sp³-hybridized carbons (Fsp3) is 0.400. The summed E-state index contributed by atoms with van der Waals surface area (Å²) in [4.78, 5) is 19.8. The molecule has 7 heteroatoms. The minimum atomic E-state index is -1.14. The van der Waals surface area contributed by atoms with Gasteiger partial charge in [0, 0.05) is 42.5 Å². The average molecular weight is 501 g/mol. The SMILES string of the molecule is COc1ccc(C2(O)CC3CCCC(C2)N3C(=O)OCC2c3ccccc3-c3ccccc32)c(OC)n1. The van der Waals surface area contributed by atoms with Crippen LogP contribution in [0.5, 0.6) is 11.8 Å². The number of pyridine rings is 1. The number of aromatic nitrogens is 1. The molecular weight excluding hydrogens is 468 g/mol. The van der Waals surface area contributed by atoms with E-state index >= 15 is 0 Å². The number of methoxy groups -OCH3 is 2. The van der Waals surface area contributed by atoms with Crippen LogP contribution in [0.25, 0.3) is 11.1 Å². The molecule has 1 aromatic heterocycles. The summed E-state index contributed by atoms with van der Waals surface area (Å²) in [5.74, 6) is 0.808. The Bertz CT molecular complexity index is 1270. The maximum absolute atomic E-state index is 13.5. The molecule has 0 spiro atoms. The summed E-state index contributed by atoms with van der Waals surface area (Å²) in [6.45, 7) is 0.295. The second-order valence-electron chi connectivity index (χ2n) is 10.3. The van der Waals surface area contributed by atoms with Gasteiger partial charge in [-0.3, -0.25) is 0 Å². The zero-order chi connectivity index (χ0) is 25.6. The van der Waals surface area contributed by atoms with Gasteiger partial charge in [0.2, 0.25) is 11.8 Å². The Hall–Kier alpha value is -3.58. The van der Waals surface area contributed by atoms with Gasteiger partial charge >= 0.3 is 6.09 Å². The number of benzene rings is 2. The third kappa shape index (κ3) is 4.02. The third-order valence-corrected chi connectivity index (χ3v) is 8.29. The minimum absolute atomic E-state index is 0.0209. The zero-order valence-electron chi connectivity index (χ0n) is 21.2. The van der Waals surface area contributed by atoms with E-state index in [0.29, 0.717) is 36.8 Å². The van der Waals surface area contributed by atoms with Gasteiger partial charge in [0.15, 0.2) is 0 Å². The van der Waals surface area contributed by atoms with Crippen molar-refractivity contribution in [1.82, 2.24) is 9.88 Å². The van der Waals surface area contributed by atoms with Gasteiger partial charge in [-0.2, -0.15) is 4.98 Å². The molecule has 2 bridgehead atoms. The van der Waals surface area contributed by atoms with Crippen molar-refractivity contribution in [3.8, 4) is 22.9 Å². The van der Waals surface area contributed by atoms with Crippen molar-refractivity contribution in [2.24, 2.45) is 0 Å². The highest BCUT2D eigenvalue weighted by Crippen LogP contribution is 2.48. The topological polar surface area (TPSA) is 81.1 Å². The number of hydrogen-bond acceptors (Lipinski definition) is 6. The summed E-state index contributed by atoms with van der Waals surface area (Å²) in [6.07, 6.45) is 3.22. The van der Waals surface area contributed by atoms with Crippen LogP contribution in [-0.2, 0) is 10.3 Å². The monoisotopic (exact) mass is 500 g/mol. The van der Waals surface area contributed by atoms with Crippen LogP contribution in [-0.4, -0.2) is 54.0 Å². The van der Waals surface area contributed by atoms with E-state index in [2.05, 4.69) is 29.2 Å². The summed E-state index contributed by atoms with van der Waals surface area (Å²) < 4.78 is 16.7. The smallest absolute Gasteiger partial charge is 0.410 e. The molecule has 2 fully saturated rings. The number of hydrogen-bond donors (Lipinski definition) is 1. The van der Waals surface area contributed by atoms with Crippen molar-refractivity contribution in [3.63, 3.8) is 0 Å². The highest BCUT2D eigenvalue weighted by Gasteiger charge is 2.50. The molecule has 2 aromatic carbocycles. The van der Waals surface area contributed by atoms with Gasteiger partial charge in [0.05, 0.1) is 19.8 Å². The molecule has 0 radical (unpaired) electrons. The van der Waals surface area contributed by atoms with Crippen molar-refractivity contribution < 1.29 is 24.1 Å². The fourth-order valence-corrected chi connectivity index (χ4v) is 6.66. The lowest BCUT2D eigenvalue weighted by molar-refractivity contribution is -0.0901. The summed E-state index contributed by atoms with van der Waals surface area (Å²) in [6, 6.07) is 20.0. The minimum Gasteiger partial charge on any atom is -0.481 e. The molecule has 3 aliphatic rings. The molecule has 2 atom stereocenters. The molecule has 2 aliphatic heterocycles. The summed E-state index contributed by atoms with van der Waals surface area (Å²) in [7, 11) is 3.09. The number of carbonyl (C=O) groups excluding carboxylic acids is 1. The number of piperidine rings is 2. The van der Waals surface area contributed by atoms with E-state index in [4.69, 9.17) is 14.2 Å². The molecule has 3 heterocycles. The Balaban J connectivity index is 1.21. The van der Waals surface area contributed by atoms with E-state index in [1.54, 1.807) is 20.3 Å². The predicted octanol–water partition coefficient (Wildman–Crippen LogP) is 5.25. The Kier molecular flexibility index (Phi) is 6.03. The molecule has 1 amide bonds. The van der Waals surface area contributed by atoms with Crippen LogP contribution in [0.3, 0.4) is 0 Å². The maximum atomic E-state index is 13.5. The standard InChI is InChI=1S/C30H32N2O5/c1-35-27-15-14-26(28(31-27)36-2)30(34)16-19-8-7-9-20(17-30)32(19)29(33)37-18-25-23-12-5-3-10-21(23)22-11-4-6-13-24(22)25/h3-6,10-15,19-20,25,34H,7-9,16-18H2,1-2H3. The van der Waals surface area contributed by atoms with E-state index in [-0.39, 0.29) is 24.1 Å². The molecule has 37 heavy (non-hydrogen) atoms. The van der Waals surface area contributed by atoms with Crippen LogP contribution in [0.15, 0.2) is 60.7 Å². The highest BCUT2D eigenvalue weighted by atomic mass is 16.6. The highest BCUT2D eigenvalue weighted by molar-refractivity contribution is 5.79. The number of nitrogens with zero attached hydrogens (tertiary/aromatic N) is 2. The van der Waals surface area contributed by atoms with Crippen LogP contribution in [0.4, 0.5) is 4.79 Å². The largest absolute Gasteiger partial charge is 0.481 e. The normalized spacial score (nSPS) is 24.2. The third-order valence-electron chi connectivity index (χ3n) is 8.29. The lowest BCUT2D eigenvalue weighted by Crippen LogP contribution is -2.59. The number of amides is 1. The van der Waals surface area contributed by atoms with Crippen molar-refractivity contribution in [2.75, 3.05) is 20.8 Å². The van der Waals surface area contributed by atoms with Crippen molar-refractivity contribution in [1.29, 1.82) is 0 Å². The van der Waals surface area contributed by atoms with Crippen LogP contribution in [0, 0.1) is 0 Å². The van der Waals surface area contributed by atoms with Gasteiger partial charge < -0.3 is 24.2 Å². The molecule has 192 valence electrons.